The maximum Gasteiger partial charge on any atom is 2.00 e. The summed E-state index contributed by atoms with van der Waals surface area (Å²) in [7, 11) is 1.78. The van der Waals surface area contributed by atoms with E-state index in [1.54, 1.807) is 0 Å². The van der Waals surface area contributed by atoms with Gasteiger partial charge in [-0.05, 0) is 73.9 Å². The Kier molecular flexibility index (Phi) is 113. The van der Waals surface area contributed by atoms with Crippen LogP contribution in [0.4, 0.5) is 0 Å². The average molecular weight is 1160 g/mol. The van der Waals surface area contributed by atoms with Crippen molar-refractivity contribution in [2.24, 2.45) is 0 Å². The Morgan fingerprint density at radius 1 is 0.265 bits per heavy atom. The van der Waals surface area contributed by atoms with Gasteiger partial charge in [-0.2, -0.15) is 0 Å². The Labute approximate surface area is 470 Å². The van der Waals surface area contributed by atoms with Crippen molar-refractivity contribution in [2.75, 3.05) is 73.9 Å². The van der Waals surface area contributed by atoms with Crippen LogP contribution in [0, 0.1) is 49.4 Å². The summed E-state index contributed by atoms with van der Waals surface area (Å²) in [5.41, 5.74) is 3.31. The van der Waals surface area contributed by atoms with E-state index in [4.69, 9.17) is 25.7 Å². The fourth-order valence-corrected chi connectivity index (χ4v) is 10.1. The minimum Gasteiger partial charge on any atom is -0.693 e. The van der Waals surface area contributed by atoms with Gasteiger partial charge in [0.05, 0.1) is 0 Å². The molecular formula is C56H88Mn4N4P4-6. The molecule has 0 fully saturated rings. The third kappa shape index (κ3) is 66.8. The zero-order valence-electron chi connectivity index (χ0n) is 43.6. The van der Waals surface area contributed by atoms with Gasteiger partial charge in [-0.15, -0.1) is 102 Å². The molecule has 0 saturated carbocycles. The average Bonchev–Trinajstić information content (AvgIpc) is 3.34. The number of rotatable bonds is 12. The quantitative estimate of drug-likeness (QED) is 0.0578. The summed E-state index contributed by atoms with van der Waals surface area (Å²) in [4.78, 5) is 0. The van der Waals surface area contributed by atoms with E-state index in [2.05, 4.69) is 107 Å². The van der Waals surface area contributed by atoms with Crippen molar-refractivity contribution in [1.29, 1.82) is 0 Å². The molecule has 0 unspecified atom stereocenters. The van der Waals surface area contributed by atoms with Crippen LogP contribution in [0.25, 0.3) is 24.6 Å². The van der Waals surface area contributed by atoms with Crippen molar-refractivity contribution in [2.45, 2.75) is 83.1 Å². The molecule has 4 radical (unpaired) electrons. The van der Waals surface area contributed by atoms with Gasteiger partial charge in [-0.1, -0.05) is 156 Å². The molecule has 0 spiro atoms. The van der Waals surface area contributed by atoms with E-state index < -0.39 is 0 Å². The normalized spacial score (nSPS) is 7.94. The number of benzene rings is 4. The largest absolute Gasteiger partial charge is 2.00 e. The van der Waals surface area contributed by atoms with Gasteiger partial charge in [0.2, 0.25) is 0 Å². The third-order valence-electron chi connectivity index (χ3n) is 9.04. The van der Waals surface area contributed by atoms with Gasteiger partial charge in [-0.3, -0.25) is 23.7 Å². The van der Waals surface area contributed by atoms with Crippen LogP contribution in [0.5, 0.6) is 0 Å². The summed E-state index contributed by atoms with van der Waals surface area (Å²) < 4.78 is 0. The first-order valence-corrected chi connectivity index (χ1v) is 29.5. The summed E-state index contributed by atoms with van der Waals surface area (Å²) in [6.07, 6.45) is 43.8. The number of hydrogen-bond acceptors (Lipinski definition) is 0. The van der Waals surface area contributed by atoms with Crippen molar-refractivity contribution in [3.05, 3.63) is 194 Å². The van der Waals surface area contributed by atoms with Crippen LogP contribution < -0.4 is 0 Å². The fourth-order valence-electron chi connectivity index (χ4n) is 4.77. The van der Waals surface area contributed by atoms with Crippen molar-refractivity contribution in [3.63, 3.8) is 0 Å². The van der Waals surface area contributed by atoms with Crippen LogP contribution in [0.1, 0.15) is 105 Å². The van der Waals surface area contributed by atoms with Gasteiger partial charge in [0.1, 0.15) is 0 Å². The molecule has 0 amide bonds. The topological polar surface area (TPSA) is 134 Å². The van der Waals surface area contributed by atoms with Crippen LogP contribution in [-0.4, -0.2) is 73.9 Å². The molecular weight excluding hydrogens is 1070 g/mol. The molecule has 8 N–H and O–H groups in total. The predicted molar refractivity (Wildman–Crippen MR) is 306 cm³/mol. The van der Waals surface area contributed by atoms with E-state index in [0.717, 1.165) is 22.3 Å². The molecule has 0 saturated heterocycles. The van der Waals surface area contributed by atoms with Crippen LogP contribution >= 0.6 is 31.7 Å². The molecule has 4 aromatic carbocycles. The van der Waals surface area contributed by atoms with E-state index in [1.807, 2.05) is 121 Å². The molecule has 0 aliphatic rings. The molecule has 0 aliphatic carbocycles. The SMILES string of the molecule is CCP(CC)CC.CCP(CC)CC.CCP(CC)CC.CCP(CC)CC.[C-]#Cc1ccccc1.[C-]#Cc1ccccc1.[C-]#Cc1ccccc1.[C-]#Cc1ccccc1.[Mn+2].[Mn].[Mn].[Mn].[NH2-].[NH2-].[NH2-].[NH2-]. The monoisotopic (exact) mass is 1160 g/mol. The van der Waals surface area contributed by atoms with E-state index in [-0.39, 0.29) is 92.9 Å². The molecule has 386 valence electrons. The molecule has 12 heteroatoms. The molecule has 4 rings (SSSR count). The first kappa shape index (κ1) is 96.3. The maximum atomic E-state index is 6.69. The molecule has 0 aromatic heterocycles. The van der Waals surface area contributed by atoms with E-state index in [0.29, 0.717) is 31.7 Å². The third-order valence-corrected chi connectivity index (χ3v) is 19.8. The molecule has 68 heavy (non-hydrogen) atoms. The van der Waals surface area contributed by atoms with Crippen molar-refractivity contribution in [3.8, 4) is 23.7 Å². The van der Waals surface area contributed by atoms with Gasteiger partial charge >= 0.3 is 17.1 Å². The van der Waals surface area contributed by atoms with Crippen molar-refractivity contribution in [1.82, 2.24) is 0 Å². The van der Waals surface area contributed by atoms with Gasteiger partial charge in [0, 0.05) is 51.2 Å². The Bertz CT molecular complexity index is 1340. The fraction of sp³-hybridized carbons (Fsp3) is 0.429. The Hall–Kier alpha value is -1.24. The molecule has 0 atom stereocenters. The van der Waals surface area contributed by atoms with Gasteiger partial charge < -0.3 is 50.3 Å². The van der Waals surface area contributed by atoms with Crippen LogP contribution in [0.15, 0.2) is 121 Å². The number of nitrogens with two attached hydrogens (primary N) is 4. The molecule has 4 nitrogen and oxygen atoms in total. The minimum absolute atomic E-state index is 0. The van der Waals surface area contributed by atoms with Crippen molar-refractivity contribution < 1.29 is 68.3 Å². The van der Waals surface area contributed by atoms with Crippen LogP contribution in [0.2, 0.25) is 0 Å². The second-order valence-electron chi connectivity index (χ2n) is 12.4. The second-order valence-corrected chi connectivity index (χ2v) is 25.4. The predicted octanol–water partition coefficient (Wildman–Crippen LogP) is 19.5. The number of hydrogen-bond donors (Lipinski definition) is 0. The standard InChI is InChI=1S/4C8H5.4C6H15P.4Mn.4H2N/c4*1-2-8-6-4-3-5-7-8;4*1-4-7(5-2)6-3;;;;;;;;/h4*3-7H;4*4-6H2,1-3H3;;;;;4*1H2/q4*-1;;;;;;;;+2;4*-1. The summed E-state index contributed by atoms with van der Waals surface area (Å²) in [5, 5.41) is 0. The Balaban J connectivity index is -0.0000000519. The van der Waals surface area contributed by atoms with E-state index in [9.17, 15) is 0 Å². The maximum absolute atomic E-state index is 6.69. The summed E-state index contributed by atoms with van der Waals surface area (Å²) in [6, 6.07) is 37.5. The Morgan fingerprint density at radius 2 is 0.368 bits per heavy atom. The minimum atomic E-state index is 0. The molecule has 4 aromatic rings. The summed E-state index contributed by atoms with van der Waals surface area (Å²) in [5.74, 6) is 9.11. The van der Waals surface area contributed by atoms with E-state index >= 15 is 0 Å². The van der Waals surface area contributed by atoms with Gasteiger partial charge in [0.25, 0.3) is 0 Å². The first-order chi connectivity index (χ1) is 29.1. The van der Waals surface area contributed by atoms with Gasteiger partial charge in [-0.25, -0.2) is 0 Å². The molecule has 0 heterocycles. The molecule has 0 aliphatic heterocycles. The molecule has 0 bridgehead atoms. The zero-order valence-corrected chi connectivity index (χ0v) is 51.9. The Morgan fingerprint density at radius 3 is 0.412 bits per heavy atom. The second kappa shape index (κ2) is 79.9. The van der Waals surface area contributed by atoms with E-state index in [1.165, 1.54) is 73.9 Å². The van der Waals surface area contributed by atoms with Crippen LogP contribution in [0.3, 0.4) is 0 Å². The summed E-state index contributed by atoms with van der Waals surface area (Å²) >= 11 is 0. The van der Waals surface area contributed by atoms with Crippen molar-refractivity contribution >= 4 is 31.7 Å². The van der Waals surface area contributed by atoms with Crippen LogP contribution in [-0.2, 0) is 68.3 Å². The smallest absolute Gasteiger partial charge is 0.693 e. The van der Waals surface area contributed by atoms with Gasteiger partial charge in [0.15, 0.2) is 0 Å². The summed E-state index contributed by atoms with van der Waals surface area (Å²) in [6.45, 7) is 27.5. The first-order valence-electron chi connectivity index (χ1n) is 21.9. The zero-order chi connectivity index (χ0) is 46.1.